The second-order valence-corrected chi connectivity index (χ2v) is 6.12. The number of carbonyl (C=O) groups excluding carboxylic acids is 1. The van der Waals surface area contributed by atoms with E-state index in [0.717, 1.165) is 19.1 Å². The summed E-state index contributed by atoms with van der Waals surface area (Å²) in [5, 5.41) is 14.2. The molecule has 0 radical (unpaired) electrons. The van der Waals surface area contributed by atoms with E-state index in [1.807, 2.05) is 10.9 Å². The van der Waals surface area contributed by atoms with Crippen molar-refractivity contribution in [3.8, 4) is 0 Å². The summed E-state index contributed by atoms with van der Waals surface area (Å²) in [7, 11) is 1.69. The van der Waals surface area contributed by atoms with Crippen LogP contribution in [0.5, 0.6) is 0 Å². The van der Waals surface area contributed by atoms with Crippen molar-refractivity contribution in [2.45, 2.75) is 50.5 Å². The minimum atomic E-state index is -5.08. The van der Waals surface area contributed by atoms with Gasteiger partial charge in [-0.1, -0.05) is 6.42 Å². The van der Waals surface area contributed by atoms with Crippen LogP contribution < -0.4 is 5.32 Å². The molecule has 10 heteroatoms. The van der Waals surface area contributed by atoms with Crippen LogP contribution in [-0.2, 0) is 16.1 Å². The van der Waals surface area contributed by atoms with Crippen LogP contribution in [0.15, 0.2) is 12.3 Å². The van der Waals surface area contributed by atoms with Crippen LogP contribution in [-0.4, -0.2) is 57.5 Å². The maximum absolute atomic E-state index is 11.6. The molecule has 1 saturated carbocycles. The molecule has 3 rings (SSSR count). The molecule has 1 atom stereocenters. The van der Waals surface area contributed by atoms with E-state index in [9.17, 15) is 18.0 Å². The first kappa shape index (κ1) is 19.2. The lowest BCUT2D eigenvalue weighted by Crippen LogP contribution is -2.47. The fourth-order valence-electron chi connectivity index (χ4n) is 2.91. The Labute approximate surface area is 142 Å². The molecule has 2 N–H and O–H groups in total. The lowest BCUT2D eigenvalue weighted by Gasteiger charge is -2.42. The molecule has 1 amide bonds. The van der Waals surface area contributed by atoms with E-state index in [4.69, 9.17) is 9.90 Å². The van der Waals surface area contributed by atoms with Gasteiger partial charge in [-0.05, 0) is 18.9 Å². The van der Waals surface area contributed by atoms with Gasteiger partial charge in [-0.25, -0.2) is 4.79 Å². The highest BCUT2D eigenvalue weighted by Gasteiger charge is 2.38. The van der Waals surface area contributed by atoms with Gasteiger partial charge in [-0.15, -0.1) is 0 Å². The van der Waals surface area contributed by atoms with Crippen molar-refractivity contribution in [1.82, 2.24) is 20.0 Å². The largest absolute Gasteiger partial charge is 0.490 e. The van der Waals surface area contributed by atoms with Crippen molar-refractivity contribution in [3.63, 3.8) is 0 Å². The molecule has 2 aliphatic rings. The first-order valence-corrected chi connectivity index (χ1v) is 7.99. The lowest BCUT2D eigenvalue weighted by atomic mass is 9.90. The Morgan fingerprint density at radius 1 is 1.40 bits per heavy atom. The molecule has 0 spiro atoms. The van der Waals surface area contributed by atoms with Gasteiger partial charge in [0.1, 0.15) is 0 Å². The Morgan fingerprint density at radius 3 is 2.52 bits per heavy atom. The summed E-state index contributed by atoms with van der Waals surface area (Å²) in [6.45, 7) is 1.93. The first-order valence-electron chi connectivity index (χ1n) is 7.99. The number of nitrogens with zero attached hydrogens (tertiary/aromatic N) is 3. The van der Waals surface area contributed by atoms with Crippen LogP contribution in [0.4, 0.5) is 13.2 Å². The lowest BCUT2D eigenvalue weighted by molar-refractivity contribution is -0.192. The molecule has 1 unspecified atom stereocenters. The summed E-state index contributed by atoms with van der Waals surface area (Å²) < 4.78 is 33.8. The Balaban J connectivity index is 0.000000277. The summed E-state index contributed by atoms with van der Waals surface area (Å²) in [4.78, 5) is 23.0. The number of amides is 1. The third-order valence-electron chi connectivity index (χ3n) is 4.44. The van der Waals surface area contributed by atoms with E-state index in [1.165, 1.54) is 25.0 Å². The minimum Gasteiger partial charge on any atom is -0.475 e. The number of hydrogen-bond donors (Lipinski definition) is 2. The molecule has 0 aromatic carbocycles. The number of aliphatic carboxylic acids is 1. The van der Waals surface area contributed by atoms with Crippen molar-refractivity contribution < 1.29 is 27.9 Å². The highest BCUT2D eigenvalue weighted by molar-refractivity contribution is 5.76. The monoisotopic (exact) mass is 362 g/mol. The molecule has 1 aliphatic carbocycles. The summed E-state index contributed by atoms with van der Waals surface area (Å²) in [6, 6.07) is 2.98. The zero-order chi connectivity index (χ0) is 18.6. The summed E-state index contributed by atoms with van der Waals surface area (Å²) in [5.74, 6) is -2.66. The third-order valence-corrected chi connectivity index (χ3v) is 4.44. The number of nitrogens with one attached hydrogen (secondary N) is 1. The number of halogens is 3. The number of carboxylic acid groups (broad SMARTS) is 1. The quantitative estimate of drug-likeness (QED) is 0.852. The van der Waals surface area contributed by atoms with Gasteiger partial charge in [0, 0.05) is 32.4 Å². The number of rotatable bonds is 3. The zero-order valence-electron chi connectivity index (χ0n) is 13.8. The van der Waals surface area contributed by atoms with Crippen molar-refractivity contribution in [2.24, 2.45) is 0 Å². The Kier molecular flexibility index (Phi) is 6.04. The molecule has 1 aliphatic heterocycles. The molecular weight excluding hydrogens is 341 g/mol. The zero-order valence-corrected chi connectivity index (χ0v) is 13.8. The van der Waals surface area contributed by atoms with Crippen LogP contribution in [0.1, 0.15) is 37.4 Å². The topological polar surface area (TPSA) is 87.5 Å². The van der Waals surface area contributed by atoms with Crippen LogP contribution in [0, 0.1) is 0 Å². The van der Waals surface area contributed by atoms with E-state index >= 15 is 0 Å². The molecule has 0 saturated heterocycles. The number of fused-ring (bicyclic) bond motifs is 1. The highest BCUT2D eigenvalue weighted by atomic mass is 19.4. The van der Waals surface area contributed by atoms with E-state index in [2.05, 4.69) is 21.4 Å². The maximum Gasteiger partial charge on any atom is 0.490 e. The van der Waals surface area contributed by atoms with E-state index in [-0.39, 0.29) is 11.9 Å². The molecule has 1 aromatic heterocycles. The number of alkyl halides is 3. The number of hydrogen-bond acceptors (Lipinski definition) is 4. The number of aromatic nitrogens is 2. The van der Waals surface area contributed by atoms with Crippen molar-refractivity contribution in [1.29, 1.82) is 0 Å². The fraction of sp³-hybridized carbons (Fsp3) is 0.667. The molecule has 0 bridgehead atoms. The van der Waals surface area contributed by atoms with Gasteiger partial charge in [0.25, 0.3) is 0 Å². The third kappa shape index (κ3) is 4.94. The molecule has 1 aromatic rings. The standard InChI is InChI=1S/C13H20N4O.C2HF3O2/c1-14-13(18)7-12-9-16(10-3-2-4-10)8-11-5-6-15-17(11)12;3-2(4,5)1(6)7/h5-6,10,12H,2-4,7-9H2,1H3,(H,14,18);(H,6,7). The van der Waals surface area contributed by atoms with Crippen molar-refractivity contribution in [2.75, 3.05) is 13.6 Å². The van der Waals surface area contributed by atoms with Gasteiger partial charge in [0.05, 0.1) is 18.2 Å². The van der Waals surface area contributed by atoms with E-state index in [1.54, 1.807) is 7.05 Å². The predicted octanol–water partition coefficient (Wildman–Crippen LogP) is 1.56. The second kappa shape index (κ2) is 7.85. The van der Waals surface area contributed by atoms with Crippen LogP contribution in [0.3, 0.4) is 0 Å². The van der Waals surface area contributed by atoms with Gasteiger partial charge in [0.2, 0.25) is 5.91 Å². The van der Waals surface area contributed by atoms with Gasteiger partial charge in [-0.2, -0.15) is 18.3 Å². The van der Waals surface area contributed by atoms with Crippen LogP contribution in [0.25, 0.3) is 0 Å². The second-order valence-electron chi connectivity index (χ2n) is 6.12. The van der Waals surface area contributed by atoms with Crippen LogP contribution >= 0.6 is 0 Å². The Hall–Kier alpha value is -2.10. The van der Waals surface area contributed by atoms with Crippen LogP contribution in [0.2, 0.25) is 0 Å². The molecule has 2 heterocycles. The summed E-state index contributed by atoms with van der Waals surface area (Å²) in [6.07, 6.45) is 1.24. The summed E-state index contributed by atoms with van der Waals surface area (Å²) in [5.41, 5.74) is 1.24. The van der Waals surface area contributed by atoms with Gasteiger partial charge >= 0.3 is 12.1 Å². The normalized spacial score (nSPS) is 20.7. The predicted molar refractivity (Wildman–Crippen MR) is 81.7 cm³/mol. The Bertz CT molecular complexity index is 613. The number of carboxylic acids is 1. The maximum atomic E-state index is 11.6. The molecule has 25 heavy (non-hydrogen) atoms. The molecule has 140 valence electrons. The number of carbonyl (C=O) groups is 2. The minimum absolute atomic E-state index is 0.0944. The molecule has 7 nitrogen and oxygen atoms in total. The van der Waals surface area contributed by atoms with Crippen molar-refractivity contribution in [3.05, 3.63) is 18.0 Å². The fourth-order valence-corrected chi connectivity index (χ4v) is 2.91. The Morgan fingerprint density at radius 2 is 2.04 bits per heavy atom. The summed E-state index contributed by atoms with van der Waals surface area (Å²) >= 11 is 0. The van der Waals surface area contributed by atoms with Crippen molar-refractivity contribution >= 4 is 11.9 Å². The molecule has 1 fully saturated rings. The smallest absolute Gasteiger partial charge is 0.475 e. The van der Waals surface area contributed by atoms with Gasteiger partial charge in [0.15, 0.2) is 0 Å². The van der Waals surface area contributed by atoms with E-state index in [0.29, 0.717) is 6.42 Å². The average molecular weight is 362 g/mol. The SMILES string of the molecule is CNC(=O)CC1CN(C2CCC2)Cc2ccnn21.O=C(O)C(F)(F)F. The first-order chi connectivity index (χ1) is 11.7. The highest BCUT2D eigenvalue weighted by Crippen LogP contribution is 2.31. The van der Waals surface area contributed by atoms with Gasteiger partial charge in [-0.3, -0.25) is 14.4 Å². The van der Waals surface area contributed by atoms with E-state index < -0.39 is 12.1 Å². The average Bonchev–Trinajstić information content (AvgIpc) is 2.93. The van der Waals surface area contributed by atoms with Gasteiger partial charge < -0.3 is 10.4 Å². The molecular formula is C15H21F3N4O3.